The first kappa shape index (κ1) is 14.8. The van der Waals surface area contributed by atoms with E-state index in [1.165, 1.54) is 16.7 Å². The smallest absolute Gasteiger partial charge is 0.242 e. The van der Waals surface area contributed by atoms with Crippen LogP contribution in [-0.4, -0.2) is 11.9 Å². The maximum atomic E-state index is 12.4. The van der Waals surface area contributed by atoms with Crippen molar-refractivity contribution in [3.63, 3.8) is 0 Å². The maximum Gasteiger partial charge on any atom is 0.242 e. The predicted octanol–water partition coefficient (Wildman–Crippen LogP) is 2.85. The van der Waals surface area contributed by atoms with Gasteiger partial charge < -0.3 is 5.32 Å². The summed E-state index contributed by atoms with van der Waals surface area (Å²) >= 11 is 0. The number of aryl methyl sites for hydroxylation is 2. The van der Waals surface area contributed by atoms with Gasteiger partial charge in [-0.3, -0.25) is 4.79 Å². The van der Waals surface area contributed by atoms with E-state index in [0.29, 0.717) is 0 Å². The average molecular weight is 295 g/mol. The zero-order chi connectivity index (χ0) is 15.5. The molecule has 0 bridgehead atoms. The lowest BCUT2D eigenvalue weighted by Crippen LogP contribution is -2.39. The number of anilines is 1. The molecule has 0 spiro atoms. The molecule has 0 aromatic heterocycles. The van der Waals surface area contributed by atoms with Crippen LogP contribution < -0.4 is 16.2 Å². The summed E-state index contributed by atoms with van der Waals surface area (Å²) in [6.45, 7) is 4.11. The summed E-state index contributed by atoms with van der Waals surface area (Å²) < 4.78 is 0. The number of carbonyl (C=O) groups excluding carboxylic acids is 1. The second kappa shape index (κ2) is 6.30. The average Bonchev–Trinajstić information content (AvgIpc) is 3.02. The summed E-state index contributed by atoms with van der Waals surface area (Å²) in [7, 11) is 0. The number of rotatable bonds is 3. The van der Waals surface area contributed by atoms with Crippen molar-refractivity contribution >= 4 is 11.6 Å². The van der Waals surface area contributed by atoms with Gasteiger partial charge in [-0.2, -0.15) is 0 Å². The first-order chi connectivity index (χ1) is 10.6. The number of benzene rings is 2. The van der Waals surface area contributed by atoms with Crippen LogP contribution in [0.15, 0.2) is 48.5 Å². The molecule has 4 nitrogen and oxygen atoms in total. The van der Waals surface area contributed by atoms with Gasteiger partial charge in [-0.15, -0.1) is 0 Å². The lowest BCUT2D eigenvalue weighted by molar-refractivity contribution is -0.117. The van der Waals surface area contributed by atoms with Crippen molar-refractivity contribution in [3.8, 4) is 0 Å². The normalized spacial score (nSPS) is 20.8. The van der Waals surface area contributed by atoms with Crippen LogP contribution in [0.2, 0.25) is 0 Å². The highest BCUT2D eigenvalue weighted by Crippen LogP contribution is 2.23. The van der Waals surface area contributed by atoms with Gasteiger partial charge in [0.05, 0.1) is 0 Å². The van der Waals surface area contributed by atoms with Crippen LogP contribution in [0.5, 0.6) is 0 Å². The molecule has 0 aliphatic carbocycles. The zero-order valence-electron chi connectivity index (χ0n) is 12.9. The SMILES string of the molecule is Cc1ccc(NC(=O)C2CC(c3ccccc3)NN2)cc1C. The molecule has 0 radical (unpaired) electrons. The molecule has 2 atom stereocenters. The fraction of sp³-hybridized carbons (Fsp3) is 0.278. The standard InChI is InChI=1S/C18H21N3O/c1-12-8-9-15(10-13(12)2)19-18(22)17-11-16(20-21-17)14-6-4-3-5-7-14/h3-10,16-17,20-21H,11H2,1-2H3,(H,19,22). The molecule has 22 heavy (non-hydrogen) atoms. The van der Waals surface area contributed by atoms with Crippen LogP contribution in [0.1, 0.15) is 29.2 Å². The van der Waals surface area contributed by atoms with E-state index >= 15 is 0 Å². The van der Waals surface area contributed by atoms with Crippen LogP contribution in [-0.2, 0) is 4.79 Å². The van der Waals surface area contributed by atoms with Crippen LogP contribution >= 0.6 is 0 Å². The Kier molecular flexibility index (Phi) is 4.22. The molecule has 1 saturated heterocycles. The highest BCUT2D eigenvalue weighted by molar-refractivity contribution is 5.95. The first-order valence-electron chi connectivity index (χ1n) is 7.57. The Morgan fingerprint density at radius 3 is 2.55 bits per heavy atom. The van der Waals surface area contributed by atoms with Gasteiger partial charge >= 0.3 is 0 Å². The summed E-state index contributed by atoms with van der Waals surface area (Å²) in [5, 5.41) is 2.98. The largest absolute Gasteiger partial charge is 0.325 e. The molecule has 2 aromatic rings. The van der Waals surface area contributed by atoms with Crippen LogP contribution in [0.3, 0.4) is 0 Å². The number of hydrogen-bond donors (Lipinski definition) is 3. The van der Waals surface area contributed by atoms with E-state index in [1.807, 2.05) is 43.3 Å². The third-order valence-corrected chi connectivity index (χ3v) is 4.20. The lowest BCUT2D eigenvalue weighted by atomic mass is 10.0. The molecule has 0 saturated carbocycles. The Morgan fingerprint density at radius 2 is 1.82 bits per heavy atom. The lowest BCUT2D eigenvalue weighted by Gasteiger charge is -2.12. The molecule has 1 amide bonds. The number of hydrazine groups is 1. The topological polar surface area (TPSA) is 53.2 Å². The molecule has 114 valence electrons. The Hall–Kier alpha value is -2.17. The molecule has 1 heterocycles. The van der Waals surface area contributed by atoms with Crippen LogP contribution in [0.4, 0.5) is 5.69 Å². The van der Waals surface area contributed by atoms with Gasteiger partial charge in [0.25, 0.3) is 0 Å². The monoisotopic (exact) mass is 295 g/mol. The molecule has 1 fully saturated rings. The van der Waals surface area contributed by atoms with Crippen molar-refractivity contribution in [1.29, 1.82) is 0 Å². The molecule has 2 unspecified atom stereocenters. The fourth-order valence-electron chi connectivity index (χ4n) is 2.68. The molecule has 3 rings (SSSR count). The summed E-state index contributed by atoms with van der Waals surface area (Å²) in [4.78, 5) is 12.4. The maximum absolute atomic E-state index is 12.4. The van der Waals surface area contributed by atoms with Crippen molar-refractivity contribution in [2.75, 3.05) is 5.32 Å². The highest BCUT2D eigenvalue weighted by Gasteiger charge is 2.29. The van der Waals surface area contributed by atoms with Gasteiger partial charge in [0.1, 0.15) is 6.04 Å². The zero-order valence-corrected chi connectivity index (χ0v) is 12.9. The molecular weight excluding hydrogens is 274 g/mol. The fourth-order valence-corrected chi connectivity index (χ4v) is 2.68. The molecular formula is C18H21N3O. The van der Waals surface area contributed by atoms with E-state index in [9.17, 15) is 4.79 Å². The predicted molar refractivity (Wildman–Crippen MR) is 88.4 cm³/mol. The van der Waals surface area contributed by atoms with E-state index in [1.54, 1.807) is 0 Å². The van der Waals surface area contributed by atoms with Crippen molar-refractivity contribution in [3.05, 3.63) is 65.2 Å². The van der Waals surface area contributed by atoms with Gasteiger partial charge in [0, 0.05) is 11.7 Å². The second-order valence-electron chi connectivity index (χ2n) is 5.83. The Morgan fingerprint density at radius 1 is 1.05 bits per heavy atom. The van der Waals surface area contributed by atoms with Crippen molar-refractivity contribution < 1.29 is 4.79 Å². The summed E-state index contributed by atoms with van der Waals surface area (Å²) in [5.41, 5.74) is 10.7. The third kappa shape index (κ3) is 3.18. The van der Waals surface area contributed by atoms with Gasteiger partial charge in [-0.05, 0) is 49.1 Å². The minimum atomic E-state index is -0.230. The van der Waals surface area contributed by atoms with Crippen molar-refractivity contribution in [2.24, 2.45) is 0 Å². The molecule has 4 heteroatoms. The van der Waals surface area contributed by atoms with E-state index in [0.717, 1.165) is 12.1 Å². The van der Waals surface area contributed by atoms with Gasteiger partial charge in [-0.25, -0.2) is 10.9 Å². The van der Waals surface area contributed by atoms with Gasteiger partial charge in [-0.1, -0.05) is 36.4 Å². The van der Waals surface area contributed by atoms with Gasteiger partial charge in [0.15, 0.2) is 0 Å². The molecule has 2 aromatic carbocycles. The summed E-state index contributed by atoms with van der Waals surface area (Å²) in [5.74, 6) is -0.00539. The second-order valence-corrected chi connectivity index (χ2v) is 5.83. The number of hydrogen-bond acceptors (Lipinski definition) is 3. The number of carbonyl (C=O) groups is 1. The molecule has 3 N–H and O–H groups in total. The van der Waals surface area contributed by atoms with Crippen molar-refractivity contribution in [1.82, 2.24) is 10.9 Å². The summed E-state index contributed by atoms with van der Waals surface area (Å²) in [6, 6.07) is 16.1. The Bertz CT molecular complexity index is 669. The quantitative estimate of drug-likeness (QED) is 0.816. The minimum Gasteiger partial charge on any atom is -0.325 e. The molecule has 1 aliphatic rings. The Labute approximate surface area is 130 Å². The van der Waals surface area contributed by atoms with Crippen LogP contribution in [0, 0.1) is 13.8 Å². The highest BCUT2D eigenvalue weighted by atomic mass is 16.2. The first-order valence-corrected chi connectivity index (χ1v) is 7.57. The minimum absolute atomic E-state index is 0.00539. The number of amides is 1. The summed E-state index contributed by atoms with van der Waals surface area (Å²) in [6.07, 6.45) is 0.737. The van der Waals surface area contributed by atoms with Crippen molar-refractivity contribution in [2.45, 2.75) is 32.4 Å². The molecule has 1 aliphatic heterocycles. The van der Waals surface area contributed by atoms with E-state index < -0.39 is 0 Å². The number of nitrogens with one attached hydrogen (secondary N) is 3. The van der Waals surface area contributed by atoms with E-state index in [4.69, 9.17) is 0 Å². The van der Waals surface area contributed by atoms with Gasteiger partial charge in [0.2, 0.25) is 5.91 Å². The Balaban J connectivity index is 1.63. The third-order valence-electron chi connectivity index (χ3n) is 4.20. The van der Waals surface area contributed by atoms with Crippen LogP contribution in [0.25, 0.3) is 0 Å². The van der Waals surface area contributed by atoms with E-state index in [2.05, 4.69) is 35.2 Å². The van der Waals surface area contributed by atoms with E-state index in [-0.39, 0.29) is 18.0 Å².